The largest absolute Gasteiger partial charge is 0.300 e. The van der Waals surface area contributed by atoms with Gasteiger partial charge in [0.05, 0.1) is 4.90 Å². The highest BCUT2D eigenvalue weighted by atomic mass is 35.5. The van der Waals surface area contributed by atoms with E-state index >= 15 is 0 Å². The quantitative estimate of drug-likeness (QED) is 0.850. The zero-order valence-corrected chi connectivity index (χ0v) is 15.3. The van der Waals surface area contributed by atoms with E-state index in [1.165, 1.54) is 18.4 Å². The Hall–Kier alpha value is -0.620. The smallest absolute Gasteiger partial charge is 0.240 e. The minimum atomic E-state index is -3.38. The summed E-state index contributed by atoms with van der Waals surface area (Å²) >= 11 is 0. The molecule has 1 N–H and O–H groups in total. The van der Waals surface area contributed by atoms with Crippen molar-refractivity contribution in [1.29, 1.82) is 0 Å². The number of aryl methyl sites for hydroxylation is 1. The van der Waals surface area contributed by atoms with Crippen molar-refractivity contribution in [3.05, 3.63) is 29.8 Å². The normalized spacial score (nSPS) is 20.2. The molecule has 6 heteroatoms. The third-order valence-electron chi connectivity index (χ3n) is 4.69. The highest BCUT2D eigenvalue weighted by Crippen LogP contribution is 2.29. The lowest BCUT2D eigenvalue weighted by Crippen LogP contribution is -2.45. The number of sulfonamides is 1. The van der Waals surface area contributed by atoms with Crippen LogP contribution in [-0.4, -0.2) is 38.5 Å². The predicted octanol–water partition coefficient (Wildman–Crippen LogP) is 2.97. The minimum Gasteiger partial charge on any atom is -0.300 e. The average molecular weight is 359 g/mol. The number of nitrogens with one attached hydrogen (secondary N) is 1. The van der Waals surface area contributed by atoms with Crippen molar-refractivity contribution >= 4 is 22.4 Å². The number of rotatable bonds is 6. The van der Waals surface area contributed by atoms with E-state index in [0.29, 0.717) is 4.90 Å². The summed E-state index contributed by atoms with van der Waals surface area (Å²) in [5.74, 6) is 0. The van der Waals surface area contributed by atoms with Gasteiger partial charge < -0.3 is 4.90 Å². The van der Waals surface area contributed by atoms with Gasteiger partial charge in [0.2, 0.25) is 10.0 Å². The van der Waals surface area contributed by atoms with Gasteiger partial charge in [0, 0.05) is 12.1 Å². The minimum absolute atomic E-state index is 0. The van der Waals surface area contributed by atoms with Crippen LogP contribution < -0.4 is 4.72 Å². The van der Waals surface area contributed by atoms with Crippen LogP contribution in [0, 0.1) is 0 Å². The molecule has 0 aromatic heterocycles. The van der Waals surface area contributed by atoms with Crippen LogP contribution in [0.25, 0.3) is 0 Å². The van der Waals surface area contributed by atoms with E-state index in [-0.39, 0.29) is 18.4 Å². The van der Waals surface area contributed by atoms with Crippen LogP contribution >= 0.6 is 12.4 Å². The van der Waals surface area contributed by atoms with Gasteiger partial charge in [-0.3, -0.25) is 0 Å². The molecule has 2 fully saturated rings. The van der Waals surface area contributed by atoms with Crippen molar-refractivity contribution in [1.82, 2.24) is 9.62 Å². The molecule has 1 saturated carbocycles. The first-order valence-corrected chi connectivity index (χ1v) is 9.92. The molecule has 0 unspecified atom stereocenters. The summed E-state index contributed by atoms with van der Waals surface area (Å²) in [5.41, 5.74) is 1.19. The molecule has 1 aliphatic carbocycles. The Kier molecular flexibility index (Phi) is 6.48. The van der Waals surface area contributed by atoms with E-state index in [2.05, 4.69) is 16.5 Å². The number of halogens is 1. The van der Waals surface area contributed by atoms with Gasteiger partial charge in [0.25, 0.3) is 0 Å². The zero-order valence-electron chi connectivity index (χ0n) is 13.7. The summed E-state index contributed by atoms with van der Waals surface area (Å²) in [6, 6.07) is 8.17. The Morgan fingerprint density at radius 1 is 1.09 bits per heavy atom. The van der Waals surface area contributed by atoms with Crippen molar-refractivity contribution < 1.29 is 8.42 Å². The molecule has 1 heterocycles. The van der Waals surface area contributed by atoms with Crippen LogP contribution in [0.1, 0.15) is 44.6 Å². The van der Waals surface area contributed by atoms with Gasteiger partial charge in [0.1, 0.15) is 0 Å². The van der Waals surface area contributed by atoms with E-state index in [1.807, 2.05) is 12.1 Å². The van der Waals surface area contributed by atoms with Crippen molar-refractivity contribution in [2.24, 2.45) is 0 Å². The van der Waals surface area contributed by atoms with Crippen LogP contribution in [0.2, 0.25) is 0 Å². The van der Waals surface area contributed by atoms with Crippen LogP contribution in [0.5, 0.6) is 0 Å². The van der Waals surface area contributed by atoms with Crippen LogP contribution in [0.4, 0.5) is 0 Å². The standard InChI is InChI=1S/C17H26N2O2S.ClH/c1-2-3-14-4-8-17(9-5-14)22(20,21)18-15-10-12-19(13-11-15)16-6-7-16;/h4-5,8-9,15-16,18H,2-3,6-7,10-13H2,1H3;1H. The number of hydrogen-bond acceptors (Lipinski definition) is 3. The van der Waals surface area contributed by atoms with Crippen LogP contribution in [0.3, 0.4) is 0 Å². The fourth-order valence-corrected chi connectivity index (χ4v) is 4.54. The molecule has 3 rings (SSSR count). The molecule has 1 saturated heterocycles. The van der Waals surface area contributed by atoms with Gasteiger partial charge in [0.15, 0.2) is 0 Å². The molecule has 1 aromatic carbocycles. The Morgan fingerprint density at radius 2 is 1.70 bits per heavy atom. The maximum atomic E-state index is 12.5. The summed E-state index contributed by atoms with van der Waals surface area (Å²) in [7, 11) is -3.38. The molecule has 4 nitrogen and oxygen atoms in total. The first kappa shape index (κ1) is 18.7. The number of nitrogens with zero attached hydrogens (tertiary/aromatic N) is 1. The molecule has 2 aliphatic rings. The number of piperidine rings is 1. The molecule has 1 aliphatic heterocycles. The third kappa shape index (κ3) is 4.92. The maximum Gasteiger partial charge on any atom is 0.240 e. The van der Waals surface area contributed by atoms with Gasteiger partial charge in [-0.1, -0.05) is 25.5 Å². The SMILES string of the molecule is CCCc1ccc(S(=O)(=O)NC2CCN(C3CC3)CC2)cc1.Cl. The number of benzene rings is 1. The first-order valence-electron chi connectivity index (χ1n) is 8.44. The lowest BCUT2D eigenvalue weighted by atomic mass is 10.1. The van der Waals surface area contributed by atoms with Gasteiger partial charge in [-0.2, -0.15) is 0 Å². The Bertz CT molecular complexity index is 592. The van der Waals surface area contributed by atoms with Crippen LogP contribution in [0.15, 0.2) is 29.2 Å². The van der Waals surface area contributed by atoms with E-state index in [0.717, 1.165) is 44.8 Å². The molecule has 1 aromatic rings. The predicted molar refractivity (Wildman–Crippen MR) is 95.6 cm³/mol. The second-order valence-electron chi connectivity index (χ2n) is 6.56. The van der Waals surface area contributed by atoms with Gasteiger partial charge in [-0.25, -0.2) is 13.1 Å². The van der Waals surface area contributed by atoms with E-state index in [1.54, 1.807) is 12.1 Å². The molecule has 0 radical (unpaired) electrons. The Morgan fingerprint density at radius 3 is 2.22 bits per heavy atom. The molecule has 130 valence electrons. The molecular weight excluding hydrogens is 332 g/mol. The Balaban J connectivity index is 0.00000192. The lowest BCUT2D eigenvalue weighted by Gasteiger charge is -2.32. The van der Waals surface area contributed by atoms with Crippen molar-refractivity contribution in [2.45, 2.75) is 62.4 Å². The summed E-state index contributed by atoms with van der Waals surface area (Å²) in [4.78, 5) is 2.89. The lowest BCUT2D eigenvalue weighted by molar-refractivity contribution is 0.199. The fraction of sp³-hybridized carbons (Fsp3) is 0.647. The van der Waals surface area contributed by atoms with Crippen molar-refractivity contribution in [2.75, 3.05) is 13.1 Å². The molecular formula is C17H27ClN2O2S. The Labute approximate surface area is 146 Å². The highest BCUT2D eigenvalue weighted by molar-refractivity contribution is 7.89. The van der Waals surface area contributed by atoms with Crippen LogP contribution in [-0.2, 0) is 16.4 Å². The second-order valence-corrected chi connectivity index (χ2v) is 8.27. The maximum absolute atomic E-state index is 12.5. The van der Waals surface area contributed by atoms with E-state index in [4.69, 9.17) is 0 Å². The van der Waals surface area contributed by atoms with E-state index < -0.39 is 10.0 Å². The van der Waals surface area contributed by atoms with Gasteiger partial charge >= 0.3 is 0 Å². The summed E-state index contributed by atoms with van der Waals surface area (Å²) in [6.45, 7) is 4.17. The average Bonchev–Trinajstić information content (AvgIpc) is 3.33. The highest BCUT2D eigenvalue weighted by Gasteiger charge is 2.32. The first-order chi connectivity index (χ1) is 10.6. The second kappa shape index (κ2) is 7.97. The fourth-order valence-electron chi connectivity index (χ4n) is 3.23. The molecule has 0 bridgehead atoms. The van der Waals surface area contributed by atoms with Gasteiger partial charge in [-0.15, -0.1) is 12.4 Å². The monoisotopic (exact) mass is 358 g/mol. The molecule has 23 heavy (non-hydrogen) atoms. The molecule has 0 atom stereocenters. The molecule has 0 spiro atoms. The summed E-state index contributed by atoms with van der Waals surface area (Å²) in [5, 5.41) is 0. The number of likely N-dealkylation sites (tertiary alicyclic amines) is 1. The topological polar surface area (TPSA) is 49.4 Å². The summed E-state index contributed by atoms with van der Waals surface area (Å²) in [6.07, 6.45) is 6.55. The number of hydrogen-bond donors (Lipinski definition) is 1. The van der Waals surface area contributed by atoms with Crippen molar-refractivity contribution in [3.8, 4) is 0 Å². The van der Waals surface area contributed by atoms with Crippen molar-refractivity contribution in [3.63, 3.8) is 0 Å². The third-order valence-corrected chi connectivity index (χ3v) is 6.22. The molecule has 0 amide bonds. The van der Waals surface area contributed by atoms with E-state index in [9.17, 15) is 8.42 Å². The zero-order chi connectivity index (χ0) is 15.6. The summed E-state index contributed by atoms with van der Waals surface area (Å²) < 4.78 is 27.8. The van der Waals surface area contributed by atoms with Gasteiger partial charge in [-0.05, 0) is 62.9 Å².